The van der Waals surface area contributed by atoms with Crippen LogP contribution >= 0.6 is 0 Å². The molecule has 0 bridgehead atoms. The molecule has 0 atom stereocenters. The van der Waals surface area contributed by atoms with Gasteiger partial charge in [0.05, 0.1) is 5.54 Å². The van der Waals surface area contributed by atoms with Gasteiger partial charge in [0.25, 0.3) is 0 Å². The summed E-state index contributed by atoms with van der Waals surface area (Å²) < 4.78 is 1.72. The highest BCUT2D eigenvalue weighted by molar-refractivity contribution is 5.07. The lowest BCUT2D eigenvalue weighted by Gasteiger charge is -2.22. The summed E-state index contributed by atoms with van der Waals surface area (Å²) in [6.07, 6.45) is 6.18. The molecule has 1 saturated carbocycles. The maximum atomic E-state index is 11.6. The van der Waals surface area contributed by atoms with Gasteiger partial charge in [0.2, 0.25) is 0 Å². The van der Waals surface area contributed by atoms with E-state index in [2.05, 4.69) is 17.1 Å². The van der Waals surface area contributed by atoms with Crippen LogP contribution in [0.2, 0.25) is 0 Å². The molecular formula is C11H20N4O. The summed E-state index contributed by atoms with van der Waals surface area (Å²) >= 11 is 0. The second-order valence-electron chi connectivity index (χ2n) is 4.72. The van der Waals surface area contributed by atoms with Crippen LogP contribution in [0.25, 0.3) is 0 Å². The molecule has 2 rings (SSSR count). The van der Waals surface area contributed by atoms with Crippen molar-refractivity contribution in [1.29, 1.82) is 0 Å². The van der Waals surface area contributed by atoms with Gasteiger partial charge in [-0.1, -0.05) is 26.2 Å². The van der Waals surface area contributed by atoms with E-state index in [0.717, 1.165) is 50.9 Å². The predicted molar refractivity (Wildman–Crippen MR) is 62.1 cm³/mol. The molecule has 0 aliphatic heterocycles. The van der Waals surface area contributed by atoms with Gasteiger partial charge in [-0.2, -0.15) is 5.10 Å². The number of nitrogens with zero attached hydrogens (tertiary/aromatic N) is 2. The van der Waals surface area contributed by atoms with Crippen LogP contribution in [0.3, 0.4) is 0 Å². The molecule has 5 nitrogen and oxygen atoms in total. The van der Waals surface area contributed by atoms with E-state index < -0.39 is 0 Å². The van der Waals surface area contributed by atoms with Gasteiger partial charge in [-0.05, 0) is 19.3 Å². The Morgan fingerprint density at radius 3 is 2.81 bits per heavy atom. The van der Waals surface area contributed by atoms with Gasteiger partial charge in [0, 0.05) is 6.54 Å². The second-order valence-corrected chi connectivity index (χ2v) is 4.72. The van der Waals surface area contributed by atoms with Crippen LogP contribution in [0, 0.1) is 0 Å². The molecule has 90 valence electrons. The molecule has 3 N–H and O–H groups in total. The lowest BCUT2D eigenvalue weighted by atomic mass is 9.98. The maximum Gasteiger partial charge on any atom is 0.343 e. The highest BCUT2D eigenvalue weighted by Gasteiger charge is 2.36. The van der Waals surface area contributed by atoms with Gasteiger partial charge in [-0.3, -0.25) is 4.57 Å². The zero-order valence-electron chi connectivity index (χ0n) is 9.83. The van der Waals surface area contributed by atoms with Crippen molar-refractivity contribution in [2.24, 2.45) is 5.73 Å². The molecule has 0 unspecified atom stereocenters. The molecule has 0 spiro atoms. The molecule has 1 aromatic rings. The summed E-state index contributed by atoms with van der Waals surface area (Å²) in [5, 5.41) is 6.65. The summed E-state index contributed by atoms with van der Waals surface area (Å²) in [5.74, 6) is 0.753. The molecule has 0 amide bonds. The molecule has 0 saturated heterocycles. The summed E-state index contributed by atoms with van der Waals surface area (Å²) in [7, 11) is 0. The Morgan fingerprint density at radius 2 is 2.19 bits per heavy atom. The van der Waals surface area contributed by atoms with Crippen molar-refractivity contribution in [2.75, 3.05) is 0 Å². The topological polar surface area (TPSA) is 76.7 Å². The monoisotopic (exact) mass is 224 g/mol. The first-order valence-corrected chi connectivity index (χ1v) is 6.12. The lowest BCUT2D eigenvalue weighted by molar-refractivity contribution is 0.400. The van der Waals surface area contributed by atoms with Crippen molar-refractivity contribution in [1.82, 2.24) is 14.8 Å². The smallest absolute Gasteiger partial charge is 0.319 e. The number of hydrogen-bond donors (Lipinski definition) is 2. The summed E-state index contributed by atoms with van der Waals surface area (Å²) in [6.45, 7) is 2.83. The van der Waals surface area contributed by atoms with Crippen LogP contribution in [0.5, 0.6) is 0 Å². The zero-order valence-corrected chi connectivity index (χ0v) is 9.83. The van der Waals surface area contributed by atoms with Crippen molar-refractivity contribution in [3.05, 3.63) is 16.3 Å². The summed E-state index contributed by atoms with van der Waals surface area (Å²) in [4.78, 5) is 11.6. The fourth-order valence-electron chi connectivity index (χ4n) is 2.45. The standard InChI is InChI=1S/C11H20N4O/c1-2-3-8-15-9(13-14-10(15)16)11(12)6-4-5-7-11/h2-8,12H2,1H3,(H,14,16). The van der Waals surface area contributed by atoms with Gasteiger partial charge in [0.1, 0.15) is 0 Å². The minimum Gasteiger partial charge on any atom is -0.319 e. The van der Waals surface area contributed by atoms with E-state index in [0.29, 0.717) is 0 Å². The van der Waals surface area contributed by atoms with E-state index in [1.54, 1.807) is 4.57 Å². The predicted octanol–water partition coefficient (Wildman–Crippen LogP) is 1.10. The van der Waals surface area contributed by atoms with Crippen LogP contribution < -0.4 is 11.4 Å². The first kappa shape index (κ1) is 11.4. The Hall–Kier alpha value is -1.10. The van der Waals surface area contributed by atoms with Crippen LogP contribution in [-0.4, -0.2) is 14.8 Å². The highest BCUT2D eigenvalue weighted by Crippen LogP contribution is 2.34. The van der Waals surface area contributed by atoms with Crippen LogP contribution in [-0.2, 0) is 12.1 Å². The molecule has 1 aliphatic rings. The van der Waals surface area contributed by atoms with E-state index in [-0.39, 0.29) is 11.2 Å². The van der Waals surface area contributed by atoms with E-state index in [4.69, 9.17) is 5.73 Å². The Morgan fingerprint density at radius 1 is 1.50 bits per heavy atom. The molecule has 0 radical (unpaired) electrons. The van der Waals surface area contributed by atoms with E-state index in [1.165, 1.54) is 0 Å². The fourth-order valence-corrected chi connectivity index (χ4v) is 2.45. The Labute approximate surface area is 95.0 Å². The number of hydrogen-bond acceptors (Lipinski definition) is 3. The number of aromatic nitrogens is 3. The largest absolute Gasteiger partial charge is 0.343 e. The van der Waals surface area contributed by atoms with E-state index in [9.17, 15) is 4.79 Å². The summed E-state index contributed by atoms with van der Waals surface area (Å²) in [6, 6.07) is 0. The normalized spacial score (nSPS) is 19.1. The first-order valence-electron chi connectivity index (χ1n) is 6.12. The van der Waals surface area contributed by atoms with Gasteiger partial charge in [-0.25, -0.2) is 9.89 Å². The molecule has 16 heavy (non-hydrogen) atoms. The van der Waals surface area contributed by atoms with E-state index in [1.807, 2.05) is 0 Å². The van der Waals surface area contributed by atoms with Crippen molar-refractivity contribution in [2.45, 2.75) is 57.5 Å². The average molecular weight is 224 g/mol. The minimum atomic E-state index is -0.382. The maximum absolute atomic E-state index is 11.6. The Balaban J connectivity index is 2.29. The first-order chi connectivity index (χ1) is 7.67. The fraction of sp³-hybridized carbons (Fsp3) is 0.818. The third-order valence-corrected chi connectivity index (χ3v) is 3.43. The molecule has 5 heteroatoms. The Bertz CT molecular complexity index is 400. The molecule has 1 fully saturated rings. The molecule has 1 aliphatic carbocycles. The van der Waals surface area contributed by atoms with Crippen molar-refractivity contribution in [3.8, 4) is 0 Å². The molecule has 1 heterocycles. The number of rotatable bonds is 4. The number of aromatic amines is 1. The van der Waals surface area contributed by atoms with Crippen LogP contribution in [0.15, 0.2) is 4.79 Å². The van der Waals surface area contributed by atoms with Crippen LogP contribution in [0.4, 0.5) is 0 Å². The second kappa shape index (κ2) is 4.41. The lowest BCUT2D eigenvalue weighted by Crippen LogP contribution is -2.38. The van der Waals surface area contributed by atoms with Gasteiger partial charge in [0.15, 0.2) is 5.82 Å². The SMILES string of the molecule is CCCCn1c(C2(N)CCCC2)n[nH]c1=O. The Kier molecular flexibility index (Phi) is 3.14. The minimum absolute atomic E-state index is 0.125. The molecule has 0 aromatic carbocycles. The number of unbranched alkanes of at least 4 members (excludes halogenated alkanes) is 1. The third kappa shape index (κ3) is 1.91. The molecule has 1 aromatic heterocycles. The quantitative estimate of drug-likeness (QED) is 0.804. The third-order valence-electron chi connectivity index (χ3n) is 3.43. The van der Waals surface area contributed by atoms with E-state index >= 15 is 0 Å². The summed E-state index contributed by atoms with van der Waals surface area (Å²) in [5.41, 5.74) is 5.82. The zero-order chi connectivity index (χ0) is 11.6. The molecular weight excluding hydrogens is 204 g/mol. The van der Waals surface area contributed by atoms with Gasteiger partial charge < -0.3 is 5.73 Å². The average Bonchev–Trinajstić information content (AvgIpc) is 2.84. The van der Waals surface area contributed by atoms with Crippen molar-refractivity contribution >= 4 is 0 Å². The van der Waals surface area contributed by atoms with Gasteiger partial charge in [-0.15, -0.1) is 0 Å². The van der Waals surface area contributed by atoms with Crippen molar-refractivity contribution < 1.29 is 0 Å². The number of nitrogens with two attached hydrogens (primary N) is 1. The van der Waals surface area contributed by atoms with Crippen molar-refractivity contribution in [3.63, 3.8) is 0 Å². The van der Waals surface area contributed by atoms with Crippen LogP contribution in [0.1, 0.15) is 51.3 Å². The number of nitrogens with one attached hydrogen (secondary N) is 1. The highest BCUT2D eigenvalue weighted by atomic mass is 16.1. The number of H-pyrrole nitrogens is 1. The van der Waals surface area contributed by atoms with Gasteiger partial charge >= 0.3 is 5.69 Å².